The number of nitrogens with one attached hydrogen (secondary N) is 1. The van der Waals surface area contributed by atoms with Crippen molar-refractivity contribution in [1.29, 1.82) is 0 Å². The van der Waals surface area contributed by atoms with Crippen LogP contribution in [-0.2, 0) is 10.4 Å². The van der Waals surface area contributed by atoms with Crippen molar-refractivity contribution in [3.63, 3.8) is 0 Å². The molecule has 0 aliphatic heterocycles. The first-order valence-electron chi connectivity index (χ1n) is 7.84. The molecule has 2 rings (SSSR count). The van der Waals surface area contributed by atoms with E-state index in [9.17, 15) is 9.90 Å². The molecule has 0 fully saturated rings. The van der Waals surface area contributed by atoms with Crippen molar-refractivity contribution in [1.82, 2.24) is 5.32 Å². The van der Waals surface area contributed by atoms with Crippen molar-refractivity contribution >= 4 is 5.91 Å². The number of hydrogen-bond acceptors (Lipinski definition) is 3. The molecule has 0 aliphatic rings. The highest BCUT2D eigenvalue weighted by molar-refractivity contribution is 5.90. The minimum Gasteiger partial charge on any atom is -0.396 e. The van der Waals surface area contributed by atoms with Crippen LogP contribution in [0.2, 0.25) is 0 Å². The van der Waals surface area contributed by atoms with Crippen LogP contribution in [-0.4, -0.2) is 28.8 Å². The van der Waals surface area contributed by atoms with Crippen molar-refractivity contribution in [2.45, 2.75) is 31.4 Å². The maximum absolute atomic E-state index is 12.8. The largest absolute Gasteiger partial charge is 0.396 e. The first kappa shape index (κ1) is 17.2. The third-order valence-corrected chi connectivity index (χ3v) is 3.88. The van der Waals surface area contributed by atoms with Gasteiger partial charge in [-0.15, -0.1) is 0 Å². The molecule has 0 saturated heterocycles. The van der Waals surface area contributed by atoms with Crippen molar-refractivity contribution in [3.05, 3.63) is 71.8 Å². The van der Waals surface area contributed by atoms with E-state index in [2.05, 4.69) is 5.32 Å². The zero-order chi connectivity index (χ0) is 16.7. The van der Waals surface area contributed by atoms with E-state index in [1.54, 1.807) is 48.5 Å². The average molecular weight is 313 g/mol. The Kier molecular flexibility index (Phi) is 5.90. The average Bonchev–Trinajstić information content (AvgIpc) is 2.60. The highest BCUT2D eigenvalue weighted by atomic mass is 16.3. The highest BCUT2D eigenvalue weighted by Crippen LogP contribution is 2.30. The molecule has 2 aromatic carbocycles. The summed E-state index contributed by atoms with van der Waals surface area (Å²) in [6.45, 7) is 1.95. The number of carbonyl (C=O) groups excluding carboxylic acids is 1. The van der Waals surface area contributed by atoms with Gasteiger partial charge in [-0.05, 0) is 30.9 Å². The van der Waals surface area contributed by atoms with Crippen LogP contribution < -0.4 is 5.32 Å². The number of carbonyl (C=O) groups is 1. The van der Waals surface area contributed by atoms with Crippen LogP contribution in [0.25, 0.3) is 0 Å². The lowest BCUT2D eigenvalue weighted by atomic mass is 9.85. The molecule has 0 saturated carbocycles. The van der Waals surface area contributed by atoms with Gasteiger partial charge in [-0.3, -0.25) is 4.79 Å². The minimum absolute atomic E-state index is 0.0852. The smallest absolute Gasteiger partial charge is 0.261 e. The Morgan fingerprint density at radius 2 is 1.52 bits per heavy atom. The molecule has 1 amide bonds. The lowest BCUT2D eigenvalue weighted by molar-refractivity contribution is -0.137. The van der Waals surface area contributed by atoms with Gasteiger partial charge in [0.1, 0.15) is 0 Å². The second-order valence-electron chi connectivity index (χ2n) is 5.68. The summed E-state index contributed by atoms with van der Waals surface area (Å²) in [7, 11) is 0. The van der Waals surface area contributed by atoms with E-state index in [-0.39, 0.29) is 12.6 Å². The zero-order valence-electron chi connectivity index (χ0n) is 13.3. The Bertz CT molecular complexity index is 574. The fraction of sp³-hybridized carbons (Fsp3) is 0.316. The van der Waals surface area contributed by atoms with Crippen molar-refractivity contribution < 1.29 is 15.0 Å². The molecular formula is C19H23NO3. The van der Waals surface area contributed by atoms with Crippen LogP contribution in [0, 0.1) is 0 Å². The van der Waals surface area contributed by atoms with E-state index in [4.69, 9.17) is 5.11 Å². The molecular weight excluding hydrogens is 290 g/mol. The van der Waals surface area contributed by atoms with E-state index in [0.29, 0.717) is 24.0 Å². The van der Waals surface area contributed by atoms with Crippen molar-refractivity contribution in [3.8, 4) is 0 Å². The number of aliphatic hydroxyl groups is 2. The van der Waals surface area contributed by atoms with E-state index in [1.165, 1.54) is 0 Å². The molecule has 0 spiro atoms. The number of hydrogen-bond donors (Lipinski definition) is 3. The lowest BCUT2D eigenvalue weighted by Gasteiger charge is -2.29. The van der Waals surface area contributed by atoms with Crippen LogP contribution in [0.4, 0.5) is 0 Å². The Balaban J connectivity index is 2.33. The van der Waals surface area contributed by atoms with Gasteiger partial charge in [0.2, 0.25) is 0 Å². The summed E-state index contributed by atoms with van der Waals surface area (Å²) in [5, 5.41) is 23.0. The molecule has 1 atom stereocenters. The summed E-state index contributed by atoms with van der Waals surface area (Å²) in [4.78, 5) is 12.8. The molecule has 23 heavy (non-hydrogen) atoms. The van der Waals surface area contributed by atoms with Gasteiger partial charge in [0, 0.05) is 12.6 Å². The third kappa shape index (κ3) is 3.97. The predicted octanol–water partition coefficient (Wildman–Crippen LogP) is 2.20. The van der Waals surface area contributed by atoms with Gasteiger partial charge in [0.15, 0.2) is 5.60 Å². The molecule has 3 N–H and O–H groups in total. The van der Waals surface area contributed by atoms with Crippen LogP contribution >= 0.6 is 0 Å². The molecule has 0 aliphatic carbocycles. The second-order valence-corrected chi connectivity index (χ2v) is 5.68. The quantitative estimate of drug-likeness (QED) is 0.734. The third-order valence-electron chi connectivity index (χ3n) is 3.88. The summed E-state index contributed by atoms with van der Waals surface area (Å²) >= 11 is 0. The standard InChI is InChI=1S/C19H23NO3/c1-15(9-8-14-21)20-18(22)19(23,16-10-4-2-5-11-16)17-12-6-3-7-13-17/h2-7,10-13,15,21,23H,8-9,14H2,1H3,(H,20,22). The molecule has 4 heteroatoms. The Hall–Kier alpha value is -2.17. The zero-order valence-corrected chi connectivity index (χ0v) is 13.3. The number of rotatable bonds is 7. The van der Waals surface area contributed by atoms with Gasteiger partial charge >= 0.3 is 0 Å². The molecule has 0 heterocycles. The molecule has 0 bridgehead atoms. The summed E-state index contributed by atoms with van der Waals surface area (Å²) < 4.78 is 0. The summed E-state index contributed by atoms with van der Waals surface area (Å²) in [6.07, 6.45) is 1.26. The van der Waals surface area contributed by atoms with Gasteiger partial charge in [-0.1, -0.05) is 60.7 Å². The fourth-order valence-corrected chi connectivity index (χ4v) is 2.59. The van der Waals surface area contributed by atoms with Crippen LogP contribution in [0.3, 0.4) is 0 Å². The highest BCUT2D eigenvalue weighted by Gasteiger charge is 2.40. The molecule has 0 radical (unpaired) electrons. The van der Waals surface area contributed by atoms with Crippen LogP contribution in [0.15, 0.2) is 60.7 Å². The predicted molar refractivity (Wildman–Crippen MR) is 89.8 cm³/mol. The molecule has 4 nitrogen and oxygen atoms in total. The normalized spacial score (nSPS) is 12.7. The maximum Gasteiger partial charge on any atom is 0.261 e. The summed E-state index contributed by atoms with van der Waals surface area (Å²) in [5.41, 5.74) is -0.688. The first-order valence-corrected chi connectivity index (χ1v) is 7.84. The molecule has 2 aromatic rings. The number of amides is 1. The molecule has 0 aromatic heterocycles. The summed E-state index contributed by atoms with van der Waals surface area (Å²) in [5.74, 6) is -0.458. The Labute approximate surface area is 136 Å². The molecule has 122 valence electrons. The monoisotopic (exact) mass is 313 g/mol. The topological polar surface area (TPSA) is 69.6 Å². The fourth-order valence-electron chi connectivity index (χ4n) is 2.59. The van der Waals surface area contributed by atoms with Gasteiger partial charge in [0.05, 0.1) is 0 Å². The lowest BCUT2D eigenvalue weighted by Crippen LogP contribution is -2.48. The van der Waals surface area contributed by atoms with Gasteiger partial charge in [-0.2, -0.15) is 0 Å². The number of aliphatic hydroxyl groups excluding tert-OH is 1. The molecule has 1 unspecified atom stereocenters. The SMILES string of the molecule is CC(CCCO)NC(=O)C(O)(c1ccccc1)c1ccccc1. The number of benzene rings is 2. The Morgan fingerprint density at radius 1 is 1.04 bits per heavy atom. The maximum atomic E-state index is 12.8. The van der Waals surface area contributed by atoms with Gasteiger partial charge in [-0.25, -0.2) is 0 Å². The van der Waals surface area contributed by atoms with Crippen LogP contribution in [0.5, 0.6) is 0 Å². The van der Waals surface area contributed by atoms with Gasteiger partial charge in [0.25, 0.3) is 5.91 Å². The van der Waals surface area contributed by atoms with Gasteiger partial charge < -0.3 is 15.5 Å². The first-order chi connectivity index (χ1) is 11.1. The van der Waals surface area contributed by atoms with E-state index in [0.717, 1.165) is 0 Å². The van der Waals surface area contributed by atoms with Crippen LogP contribution in [0.1, 0.15) is 30.9 Å². The Morgan fingerprint density at radius 3 is 1.96 bits per heavy atom. The summed E-state index contributed by atoms with van der Waals surface area (Å²) in [6, 6.07) is 17.7. The minimum atomic E-state index is -1.74. The van der Waals surface area contributed by atoms with E-state index in [1.807, 2.05) is 19.1 Å². The second kappa shape index (κ2) is 7.90. The van der Waals surface area contributed by atoms with E-state index < -0.39 is 11.5 Å². The van der Waals surface area contributed by atoms with Crippen molar-refractivity contribution in [2.24, 2.45) is 0 Å². The van der Waals surface area contributed by atoms with Crippen molar-refractivity contribution in [2.75, 3.05) is 6.61 Å². The van der Waals surface area contributed by atoms with E-state index >= 15 is 0 Å².